The van der Waals surface area contributed by atoms with Crippen molar-refractivity contribution in [1.82, 2.24) is 9.13 Å². The van der Waals surface area contributed by atoms with Crippen LogP contribution in [0.1, 0.15) is 0 Å². The maximum atomic E-state index is 3.74. The van der Waals surface area contributed by atoms with Gasteiger partial charge in [-0.1, -0.05) is 331 Å². The average molecular weight is 1420 g/mol. The lowest BCUT2D eigenvalue weighted by Crippen LogP contribution is -2.11. The van der Waals surface area contributed by atoms with Gasteiger partial charge < -0.3 is 26.8 Å². The minimum atomic E-state index is 0. The molecule has 2 aliphatic rings. The number of halogens is 1. The molecular formula is C101H72BrN4-. The zero-order valence-corrected chi connectivity index (χ0v) is 60.1. The van der Waals surface area contributed by atoms with E-state index < -0.39 is 0 Å². The quantitative estimate of drug-likeness (QED) is 0.146. The Morgan fingerprint density at radius 1 is 0.217 bits per heavy atom. The van der Waals surface area contributed by atoms with E-state index in [4.69, 9.17) is 0 Å². The molecule has 0 amide bonds. The summed E-state index contributed by atoms with van der Waals surface area (Å²) in [4.78, 5) is 2.44. The maximum Gasteiger partial charge on any atom is 0.0641 e. The molecule has 0 atom stereocenters. The fourth-order valence-electron chi connectivity index (χ4n) is 15.4. The minimum Gasteiger partial charge on any atom is -0.358 e. The first kappa shape index (κ1) is 66.0. The Morgan fingerprint density at radius 2 is 0.509 bits per heavy atom. The number of rotatable bonds is 9. The summed E-state index contributed by atoms with van der Waals surface area (Å²) in [5.74, 6) is 0. The highest BCUT2D eigenvalue weighted by molar-refractivity contribution is 9.10. The number of hydrogen-bond acceptors (Lipinski definition) is 2. The van der Waals surface area contributed by atoms with Crippen molar-refractivity contribution in [3.05, 3.63) is 424 Å². The fourth-order valence-corrected chi connectivity index (χ4v) is 15.6. The van der Waals surface area contributed by atoms with Crippen molar-refractivity contribution >= 4 is 66.2 Å². The topological polar surface area (TPSA) is 25.1 Å². The monoisotopic (exact) mass is 1420 g/mol. The number of benzene rings is 16. The molecular weight excluding hydrogens is 1350 g/mol. The van der Waals surface area contributed by atoms with E-state index in [9.17, 15) is 0 Å². The zero-order chi connectivity index (χ0) is 70.0. The second kappa shape index (κ2) is 29.2. The van der Waals surface area contributed by atoms with Crippen LogP contribution < -0.4 is 10.2 Å². The molecule has 4 nitrogen and oxygen atoms in total. The van der Waals surface area contributed by atoms with Gasteiger partial charge in [-0.15, -0.1) is 0 Å². The summed E-state index contributed by atoms with van der Waals surface area (Å²) in [5.41, 5.74) is 34.5. The van der Waals surface area contributed by atoms with Crippen LogP contribution in [0.3, 0.4) is 0 Å². The summed E-state index contributed by atoms with van der Waals surface area (Å²) >= 11 is 3.42. The Bertz CT molecular complexity index is 6030. The third kappa shape index (κ3) is 12.6. The van der Waals surface area contributed by atoms with Gasteiger partial charge in [-0.3, -0.25) is 0 Å². The van der Waals surface area contributed by atoms with Crippen molar-refractivity contribution in [2.75, 3.05) is 10.2 Å². The summed E-state index contributed by atoms with van der Waals surface area (Å²) in [5, 5.41) is 6.21. The van der Waals surface area contributed by atoms with Crippen molar-refractivity contribution in [2.24, 2.45) is 0 Å². The van der Waals surface area contributed by atoms with Gasteiger partial charge in [0.25, 0.3) is 0 Å². The van der Waals surface area contributed by atoms with Crippen LogP contribution in [0.25, 0.3) is 145 Å². The molecule has 20 rings (SSSR count). The molecule has 2 aromatic heterocycles. The minimum absolute atomic E-state index is 0. The Labute approximate surface area is 628 Å². The van der Waals surface area contributed by atoms with Crippen LogP contribution in [0.2, 0.25) is 0 Å². The van der Waals surface area contributed by atoms with Gasteiger partial charge in [-0.05, 0) is 164 Å². The third-order valence-electron chi connectivity index (χ3n) is 20.2. The van der Waals surface area contributed by atoms with Crippen molar-refractivity contribution in [2.45, 2.75) is 0 Å². The first-order valence-corrected chi connectivity index (χ1v) is 36.5. The first-order valence-electron chi connectivity index (χ1n) is 35.7. The summed E-state index contributed by atoms with van der Waals surface area (Å²) in [6, 6.07) is 148. The SMILES string of the molecule is Brc1ccc(-c2ccccc2)cc1.[CH3-].c1ccc(-c2cc(-c3ccccc3)cc(-n3c4c(c5ccccc53)-c3ccccc3Nc3ccccc3-4)c2)cc1.c1ccc(-c2ccc(N3c4ccccc4-c4c(n(-c5cc(-c6ccccc6)cc(-c6ccccc6)c5)c5ccccc45)-c4ccccc43)cc2)cc1. The van der Waals surface area contributed by atoms with E-state index in [0.717, 1.165) is 44.3 Å². The van der Waals surface area contributed by atoms with Gasteiger partial charge in [0, 0.05) is 77.1 Å². The molecule has 2 aliphatic heterocycles. The van der Waals surface area contributed by atoms with Gasteiger partial charge >= 0.3 is 0 Å². The number of hydrogen-bond donors (Lipinski definition) is 1. The van der Waals surface area contributed by atoms with Crippen LogP contribution in [0, 0.1) is 7.43 Å². The summed E-state index contributed by atoms with van der Waals surface area (Å²) in [6.07, 6.45) is 0. The van der Waals surface area contributed by atoms with Gasteiger partial charge in [0.15, 0.2) is 0 Å². The number of nitrogens with one attached hydrogen (secondary N) is 1. The number of nitrogens with zero attached hydrogens (tertiary/aromatic N) is 3. The molecule has 0 aliphatic carbocycles. The molecule has 5 heteroatoms. The van der Waals surface area contributed by atoms with Crippen LogP contribution in [0.4, 0.5) is 28.4 Å². The molecule has 0 spiro atoms. The lowest BCUT2D eigenvalue weighted by Gasteiger charge is -2.27. The highest BCUT2D eigenvalue weighted by Crippen LogP contribution is 2.56. The van der Waals surface area contributed by atoms with Gasteiger partial charge in [0.1, 0.15) is 0 Å². The van der Waals surface area contributed by atoms with E-state index in [-0.39, 0.29) is 7.43 Å². The number of aromatic nitrogens is 2. The molecule has 0 bridgehead atoms. The fraction of sp³-hybridized carbons (Fsp3) is 0. The first-order chi connectivity index (χ1) is 52.0. The van der Waals surface area contributed by atoms with Crippen LogP contribution >= 0.6 is 15.9 Å². The third-order valence-corrected chi connectivity index (χ3v) is 20.7. The Hall–Kier alpha value is -13.3. The Balaban J connectivity index is 0.000000135. The van der Waals surface area contributed by atoms with Crippen molar-refractivity contribution in [3.63, 3.8) is 0 Å². The number of para-hydroxylation sites is 6. The smallest absolute Gasteiger partial charge is 0.0641 e. The van der Waals surface area contributed by atoms with E-state index in [2.05, 4.69) is 442 Å². The van der Waals surface area contributed by atoms with Crippen LogP contribution in [0.5, 0.6) is 0 Å². The molecule has 4 heterocycles. The van der Waals surface area contributed by atoms with E-state index in [1.54, 1.807) is 0 Å². The lowest BCUT2D eigenvalue weighted by atomic mass is 9.97. The number of anilines is 5. The van der Waals surface area contributed by atoms with Crippen LogP contribution in [-0.4, -0.2) is 9.13 Å². The molecule has 0 radical (unpaired) electrons. The van der Waals surface area contributed by atoms with Crippen molar-refractivity contribution in [1.29, 1.82) is 0 Å². The molecule has 504 valence electrons. The Morgan fingerprint density at radius 3 is 0.943 bits per heavy atom. The molecule has 0 saturated heterocycles. The van der Waals surface area contributed by atoms with Gasteiger partial charge in [0.05, 0.1) is 33.8 Å². The predicted molar refractivity (Wildman–Crippen MR) is 453 cm³/mol. The largest absolute Gasteiger partial charge is 0.358 e. The van der Waals surface area contributed by atoms with Crippen molar-refractivity contribution < 1.29 is 0 Å². The molecule has 0 fully saturated rings. The summed E-state index contributed by atoms with van der Waals surface area (Å²) in [7, 11) is 0. The van der Waals surface area contributed by atoms with E-state index in [1.807, 2.05) is 6.07 Å². The standard InChI is InChI=1S/C50H34N2.C38H26N2.C12H9Br.CH3/c1-4-16-35(17-5-1)38-28-30-41(31-29-38)51-46-25-13-10-22-43(46)49-44-23-11-14-26-47(44)52(50(49)45-24-12-15-27-48(45)51)42-33-39(36-18-6-2-7-19-36)32-40(34-42)37-20-8-3-9-21-37;1-3-13-26(14-4-1)28-23-29(27-15-5-2-6-16-27)25-30(24-28)40-36-22-12-9-19-33(36)37-31-17-7-10-20-34(31)39-35-21-11-8-18-32(35)38(37)40;13-12-8-6-11(7-9-12)10-4-2-1-3-5-10;/h1-34H;1-25,39H;1-9H;1H3/q;;;-1. The highest BCUT2D eigenvalue weighted by Gasteiger charge is 2.32. The normalized spacial score (nSPS) is 11.4. The van der Waals surface area contributed by atoms with Crippen molar-refractivity contribution in [3.8, 4) is 123 Å². The van der Waals surface area contributed by atoms with E-state index in [1.165, 1.54) is 133 Å². The van der Waals surface area contributed by atoms with Gasteiger partial charge in [-0.2, -0.15) is 0 Å². The summed E-state index contributed by atoms with van der Waals surface area (Å²) < 4.78 is 6.08. The van der Waals surface area contributed by atoms with E-state index >= 15 is 0 Å². The van der Waals surface area contributed by atoms with E-state index in [0.29, 0.717) is 0 Å². The van der Waals surface area contributed by atoms with Crippen LogP contribution in [0.15, 0.2) is 417 Å². The number of fused-ring (bicyclic) bond motifs is 14. The van der Waals surface area contributed by atoms with Crippen LogP contribution in [-0.2, 0) is 0 Å². The summed E-state index contributed by atoms with van der Waals surface area (Å²) in [6.45, 7) is 0. The highest BCUT2D eigenvalue weighted by atomic mass is 79.9. The molecule has 0 unspecified atom stereocenters. The molecule has 106 heavy (non-hydrogen) atoms. The maximum absolute atomic E-state index is 3.74. The van der Waals surface area contributed by atoms with Gasteiger partial charge in [0.2, 0.25) is 0 Å². The molecule has 18 aromatic rings. The zero-order valence-electron chi connectivity index (χ0n) is 58.5. The molecule has 1 N–H and O–H groups in total. The second-order valence-electron chi connectivity index (χ2n) is 26.5. The van der Waals surface area contributed by atoms with Gasteiger partial charge in [-0.25, -0.2) is 0 Å². The predicted octanol–water partition coefficient (Wildman–Crippen LogP) is 28.7. The second-order valence-corrected chi connectivity index (χ2v) is 27.4. The average Bonchev–Trinajstić information content (AvgIpc) is 1.56. The Kier molecular flexibility index (Phi) is 18.2. The molecule has 16 aromatic carbocycles. The lowest BCUT2D eigenvalue weighted by molar-refractivity contribution is 1.14. The molecule has 0 saturated carbocycles.